The minimum absolute atomic E-state index is 0. The fourth-order valence-corrected chi connectivity index (χ4v) is 4.48. The molecule has 2 heterocycles. The number of aromatic nitrogens is 2. The van der Waals surface area contributed by atoms with Crippen molar-refractivity contribution in [1.29, 1.82) is 0 Å². The summed E-state index contributed by atoms with van der Waals surface area (Å²) < 4.78 is 64.0. The molecule has 0 amide bonds. The number of hydrogen-bond donors (Lipinski definition) is 0. The summed E-state index contributed by atoms with van der Waals surface area (Å²) in [6, 6.07) is 14.2. The number of oxazole rings is 1. The van der Waals surface area contributed by atoms with Crippen molar-refractivity contribution in [3.63, 3.8) is 0 Å². The fraction of sp³-hybridized carbons (Fsp3) is 0. The monoisotopic (exact) mass is 516 g/mol. The third kappa shape index (κ3) is 5.25. The minimum atomic E-state index is -4.92. The number of nitrogens with zero attached hydrogens (tertiary/aromatic N) is 2. The number of pyridine rings is 1. The average molecular weight is 516 g/mol. The second kappa shape index (κ2) is 11.3. The largest absolute Gasteiger partial charge is 1.00 e. The molecule has 10 nitrogen and oxygen atoms in total. The molecule has 34 heavy (non-hydrogen) atoms. The van der Waals surface area contributed by atoms with E-state index in [1.165, 1.54) is 18.2 Å². The summed E-state index contributed by atoms with van der Waals surface area (Å²) >= 11 is 0. The van der Waals surface area contributed by atoms with Gasteiger partial charge < -0.3 is 17.4 Å². The van der Waals surface area contributed by atoms with Crippen LogP contribution >= 0.6 is 0 Å². The van der Waals surface area contributed by atoms with Crippen molar-refractivity contribution in [2.24, 2.45) is 0 Å². The maximum absolute atomic E-state index is 11.9. The third-order valence-electron chi connectivity index (χ3n) is 4.76. The Labute approximate surface area is 238 Å². The minimum Gasteiger partial charge on any atom is -0.744 e. The molecule has 162 valence electrons. The molecule has 0 bridgehead atoms. The number of hydrogen-bond acceptors (Lipinski definition) is 11. The number of rotatable bonds is 3. The molecule has 5 rings (SSSR count). The Kier molecular flexibility index (Phi) is 9.50. The van der Waals surface area contributed by atoms with Crippen molar-refractivity contribution >= 4 is 53.6 Å². The van der Waals surface area contributed by atoms with Gasteiger partial charge in [0.1, 0.15) is 15.6 Å². The second-order valence-electron chi connectivity index (χ2n) is 6.52. The van der Waals surface area contributed by atoms with E-state index >= 15 is 0 Å². The van der Waals surface area contributed by atoms with Crippen LogP contribution in [0.5, 0.6) is 0 Å². The van der Waals surface area contributed by atoms with Crippen LogP contribution in [0.2, 0.25) is 0 Å². The van der Waals surface area contributed by atoms with Gasteiger partial charge in [0.2, 0.25) is 5.89 Å². The zero-order chi connectivity index (χ0) is 23.0. The van der Waals surface area contributed by atoms with Gasteiger partial charge in [-0.15, -0.1) is 0 Å². The molecule has 0 saturated carbocycles. The topological polar surface area (TPSA) is 164 Å². The molecule has 0 saturated heterocycles. The predicted octanol–water partition coefficient (Wildman–Crippen LogP) is -2.16. The van der Waals surface area contributed by atoms with E-state index in [-0.39, 0.29) is 86.4 Å². The molecule has 0 aliphatic carbocycles. The first-order valence-corrected chi connectivity index (χ1v) is 11.2. The van der Waals surface area contributed by atoms with Crippen LogP contribution in [0.25, 0.3) is 44.2 Å². The SMILES string of the molecule is O=O.O=[S-](=O)c1ccc2c(c1)cc(S(=O)(=O)[O-])c1oc(-c3ccnc4ccccc34)nc12.[Na+].[Na+]. The first kappa shape index (κ1) is 28.5. The molecule has 5 aromatic rings. The summed E-state index contributed by atoms with van der Waals surface area (Å²) in [5.41, 5.74) is 1.25. The Balaban J connectivity index is 0.000000995. The van der Waals surface area contributed by atoms with E-state index in [9.17, 15) is 21.4 Å². The molecule has 0 aliphatic rings. The molecule has 3 aromatic carbocycles. The van der Waals surface area contributed by atoms with Crippen LogP contribution < -0.4 is 59.1 Å². The van der Waals surface area contributed by atoms with E-state index in [2.05, 4.69) is 9.97 Å². The summed E-state index contributed by atoms with van der Waals surface area (Å²) in [5, 5.41) is 1.45. The van der Waals surface area contributed by atoms with Crippen LogP contribution in [0.15, 0.2) is 75.0 Å². The van der Waals surface area contributed by atoms with Crippen LogP contribution in [0.4, 0.5) is 0 Å². The van der Waals surface area contributed by atoms with Crippen molar-refractivity contribution in [2.75, 3.05) is 0 Å². The van der Waals surface area contributed by atoms with E-state index < -0.39 is 25.7 Å². The number of fused-ring (bicyclic) bond motifs is 4. The molecule has 0 radical (unpaired) electrons. The van der Waals surface area contributed by atoms with Crippen LogP contribution in [-0.4, -0.2) is 22.9 Å². The average Bonchev–Trinajstić information content (AvgIpc) is 3.23. The summed E-state index contributed by atoms with van der Waals surface area (Å²) in [7, 11) is -7.43. The van der Waals surface area contributed by atoms with Gasteiger partial charge in [0.25, 0.3) is 0 Å². The molecule has 0 fully saturated rings. The summed E-state index contributed by atoms with van der Waals surface area (Å²) in [5.74, 6) is 0.123. The normalized spacial score (nSPS) is 11.0. The van der Waals surface area contributed by atoms with Gasteiger partial charge in [0, 0.05) is 32.5 Å². The van der Waals surface area contributed by atoms with E-state index in [1.54, 1.807) is 12.3 Å². The van der Waals surface area contributed by atoms with Gasteiger partial charge >= 0.3 is 59.1 Å². The van der Waals surface area contributed by atoms with Crippen molar-refractivity contribution in [3.05, 3.63) is 70.7 Å². The summed E-state index contributed by atoms with van der Waals surface area (Å²) in [6.07, 6.45) is 1.58. The Morgan fingerprint density at radius 1 is 0.912 bits per heavy atom. The standard InChI is InChI=1S/C20H11N2O6S2.2Na.O2/c23-29(24)12-5-6-13-11(9-12)10-17(30(25,26)27)19-18(13)22-20(28-19)15-7-8-21-16-4-2-1-3-14(15)16;;;1-2/h1-10H,(H,25,26,27);;;/q-1;2*+1;/p-1. The van der Waals surface area contributed by atoms with E-state index in [0.29, 0.717) is 16.5 Å². The number of para-hydroxylation sites is 1. The first-order chi connectivity index (χ1) is 15.3. The molecule has 0 unspecified atom stereocenters. The molecular weight excluding hydrogens is 506 g/mol. The maximum Gasteiger partial charge on any atom is 1.00 e. The van der Waals surface area contributed by atoms with Crippen molar-refractivity contribution in [2.45, 2.75) is 9.79 Å². The van der Waals surface area contributed by atoms with Gasteiger partial charge in [-0.05, 0) is 34.3 Å². The van der Waals surface area contributed by atoms with Gasteiger partial charge in [0.15, 0.2) is 5.58 Å². The van der Waals surface area contributed by atoms with E-state index in [0.717, 1.165) is 11.5 Å². The van der Waals surface area contributed by atoms with Crippen molar-refractivity contribution in [3.8, 4) is 11.5 Å². The third-order valence-corrected chi connectivity index (χ3v) is 6.24. The smallest absolute Gasteiger partial charge is 0.744 e. The molecule has 0 atom stereocenters. The van der Waals surface area contributed by atoms with Crippen molar-refractivity contribution in [1.82, 2.24) is 9.97 Å². The van der Waals surface area contributed by atoms with Crippen LogP contribution in [0.3, 0.4) is 0 Å². The predicted molar refractivity (Wildman–Crippen MR) is 114 cm³/mol. The second-order valence-corrected chi connectivity index (χ2v) is 8.81. The quantitative estimate of drug-likeness (QED) is 0.147. The summed E-state index contributed by atoms with van der Waals surface area (Å²) in [4.78, 5) is 22.1. The fourth-order valence-electron chi connectivity index (χ4n) is 3.44. The Bertz CT molecular complexity index is 1690. The molecule has 14 heteroatoms. The summed E-state index contributed by atoms with van der Waals surface area (Å²) in [6.45, 7) is 0. The van der Waals surface area contributed by atoms with E-state index in [1.807, 2.05) is 24.3 Å². The molecule has 2 aromatic heterocycles. The Morgan fingerprint density at radius 3 is 2.29 bits per heavy atom. The van der Waals surface area contributed by atoms with Gasteiger partial charge in [-0.25, -0.2) is 13.4 Å². The Morgan fingerprint density at radius 2 is 1.62 bits per heavy atom. The zero-order valence-corrected chi connectivity index (χ0v) is 23.4. The molecular formula is C20H10N2Na2O8S2. The van der Waals surface area contributed by atoms with Gasteiger partial charge in [0.05, 0.1) is 10.4 Å². The van der Waals surface area contributed by atoms with Gasteiger partial charge in [-0.1, -0.05) is 41.3 Å². The zero-order valence-electron chi connectivity index (χ0n) is 17.8. The first-order valence-electron chi connectivity index (χ1n) is 8.76. The maximum atomic E-state index is 11.9. The molecule has 0 N–H and O–H groups in total. The van der Waals surface area contributed by atoms with Crippen LogP contribution in [-0.2, 0) is 29.2 Å². The van der Waals surface area contributed by atoms with Crippen molar-refractivity contribution < 1.29 is 84.9 Å². The van der Waals surface area contributed by atoms with Gasteiger partial charge in [-0.3, -0.25) is 4.98 Å². The Hall–Kier alpha value is -1.74. The molecule has 0 spiro atoms. The molecule has 0 aliphatic heterocycles. The van der Waals surface area contributed by atoms with Gasteiger partial charge in [-0.2, -0.15) is 0 Å². The van der Waals surface area contributed by atoms with E-state index in [4.69, 9.17) is 14.3 Å². The van der Waals surface area contributed by atoms with Crippen LogP contribution in [0, 0.1) is 9.93 Å². The van der Waals surface area contributed by atoms with Crippen LogP contribution in [0.1, 0.15) is 0 Å². The number of benzene rings is 3.